The molecule has 0 radical (unpaired) electrons. The number of likely N-dealkylation sites (tertiary alicyclic amines) is 1. The van der Waals surface area contributed by atoms with Crippen molar-refractivity contribution in [1.29, 1.82) is 0 Å². The Balaban J connectivity index is 1.24. The van der Waals surface area contributed by atoms with E-state index in [1.54, 1.807) is 4.90 Å². The minimum atomic E-state index is -0.647. The minimum absolute atomic E-state index is 0.0262. The molecule has 1 saturated heterocycles. The molecule has 3 atom stereocenters. The first-order valence-electron chi connectivity index (χ1n) is 11.2. The summed E-state index contributed by atoms with van der Waals surface area (Å²) < 4.78 is 11.2. The molecule has 3 aliphatic rings. The Morgan fingerprint density at radius 3 is 2.42 bits per heavy atom. The molecule has 3 fully saturated rings. The highest BCUT2D eigenvalue weighted by molar-refractivity contribution is 5.87. The van der Waals surface area contributed by atoms with Gasteiger partial charge in [-0.05, 0) is 71.3 Å². The van der Waals surface area contributed by atoms with Crippen molar-refractivity contribution in [3.63, 3.8) is 0 Å². The van der Waals surface area contributed by atoms with Crippen LogP contribution in [0.3, 0.4) is 0 Å². The number of para-hydroxylation sites is 1. The second kappa shape index (κ2) is 6.71. The molecule has 1 aliphatic heterocycles. The second-order valence-electron chi connectivity index (χ2n) is 10.9. The third kappa shape index (κ3) is 3.68. The number of carbonyl (C=O) groups is 2. The normalized spacial score (nSPS) is 25.5. The molecule has 5 rings (SSSR count). The van der Waals surface area contributed by atoms with Gasteiger partial charge in [0.1, 0.15) is 11.3 Å². The number of hydrogen-bond donors (Lipinski definition) is 1. The Morgan fingerprint density at radius 2 is 1.81 bits per heavy atom. The van der Waals surface area contributed by atoms with Gasteiger partial charge in [0, 0.05) is 30.0 Å². The van der Waals surface area contributed by atoms with Crippen LogP contribution in [0.2, 0.25) is 0 Å². The number of aromatic nitrogens is 1. The monoisotopic (exact) mass is 425 g/mol. The Bertz CT molecular complexity index is 1030. The summed E-state index contributed by atoms with van der Waals surface area (Å²) in [6, 6.07) is 6.18. The maximum Gasteiger partial charge on any atom is 0.410 e. The van der Waals surface area contributed by atoms with E-state index in [1.165, 1.54) is 18.4 Å². The summed E-state index contributed by atoms with van der Waals surface area (Å²) in [6.07, 6.45) is 2.10. The van der Waals surface area contributed by atoms with Crippen molar-refractivity contribution < 1.29 is 18.8 Å². The Labute approximate surface area is 182 Å². The second-order valence-corrected chi connectivity index (χ2v) is 10.9. The van der Waals surface area contributed by atoms with E-state index in [1.807, 2.05) is 46.8 Å². The van der Waals surface area contributed by atoms with Crippen molar-refractivity contribution in [2.24, 2.45) is 17.8 Å². The third-order valence-corrected chi connectivity index (χ3v) is 6.72. The van der Waals surface area contributed by atoms with Gasteiger partial charge in [-0.2, -0.15) is 0 Å². The van der Waals surface area contributed by atoms with Crippen molar-refractivity contribution >= 4 is 23.0 Å². The maximum absolute atomic E-state index is 13.1. The largest absolute Gasteiger partial charge is 0.444 e. The molecule has 2 aromatic rings. The van der Waals surface area contributed by atoms with E-state index in [0.29, 0.717) is 19.0 Å². The first kappa shape index (κ1) is 20.3. The van der Waals surface area contributed by atoms with Gasteiger partial charge in [0.2, 0.25) is 5.91 Å². The Hall–Kier alpha value is -2.57. The molecule has 2 heterocycles. The van der Waals surface area contributed by atoms with Crippen LogP contribution in [0.4, 0.5) is 4.79 Å². The fourth-order valence-electron chi connectivity index (χ4n) is 4.99. The number of benzene rings is 1. The van der Waals surface area contributed by atoms with E-state index in [9.17, 15) is 9.59 Å². The SMILES string of the molecule is CC(C)(C)OC(=O)N1C[C@@H]2[C@H](C1)[C@H]2C(=O)NC(C)(C)c1noc2c(C3CC3)cccc12. The first-order chi connectivity index (χ1) is 14.5. The molecule has 2 aliphatic carbocycles. The predicted molar refractivity (Wildman–Crippen MR) is 115 cm³/mol. The standard InChI is InChI=1S/C24H31N3O4/c1-23(2,3)30-22(29)27-11-16-17(12-27)18(16)21(28)25-24(4,5)20-15-8-6-7-14(13-9-10-13)19(15)31-26-20/h6-8,13,16-18H,9-12H2,1-5H3,(H,25,28)/t16-,17+,18+. The Morgan fingerprint density at radius 1 is 1.13 bits per heavy atom. The zero-order chi connectivity index (χ0) is 22.1. The minimum Gasteiger partial charge on any atom is -0.444 e. The van der Waals surface area contributed by atoms with Gasteiger partial charge in [0.15, 0.2) is 5.58 Å². The van der Waals surface area contributed by atoms with Crippen molar-refractivity contribution in [3.8, 4) is 0 Å². The van der Waals surface area contributed by atoms with Crippen LogP contribution in [0.15, 0.2) is 22.7 Å². The molecule has 0 unspecified atom stereocenters. The number of hydrogen-bond acceptors (Lipinski definition) is 5. The van der Waals surface area contributed by atoms with Crippen molar-refractivity contribution in [1.82, 2.24) is 15.4 Å². The Kier molecular flexibility index (Phi) is 4.40. The highest BCUT2D eigenvalue weighted by atomic mass is 16.6. The molecule has 1 aromatic heterocycles. The van der Waals surface area contributed by atoms with Gasteiger partial charge in [-0.15, -0.1) is 0 Å². The number of piperidine rings is 1. The number of rotatable bonds is 4. The number of fused-ring (bicyclic) bond motifs is 2. The molecule has 2 saturated carbocycles. The number of carbonyl (C=O) groups excluding carboxylic acids is 2. The maximum atomic E-state index is 13.1. The molecule has 166 valence electrons. The molecule has 7 heteroatoms. The summed E-state index contributed by atoms with van der Waals surface area (Å²) in [5.41, 5.74) is 1.67. The fraction of sp³-hybridized carbons (Fsp3) is 0.625. The molecule has 0 bridgehead atoms. The van der Waals surface area contributed by atoms with Gasteiger partial charge < -0.3 is 19.5 Å². The summed E-state index contributed by atoms with van der Waals surface area (Å²) >= 11 is 0. The van der Waals surface area contributed by atoms with Crippen LogP contribution in [0.5, 0.6) is 0 Å². The van der Waals surface area contributed by atoms with E-state index in [2.05, 4.69) is 16.5 Å². The molecular formula is C24H31N3O4. The van der Waals surface area contributed by atoms with Gasteiger partial charge in [-0.3, -0.25) is 4.79 Å². The molecule has 31 heavy (non-hydrogen) atoms. The average molecular weight is 426 g/mol. The highest BCUT2D eigenvalue weighted by Gasteiger charge is 2.61. The molecule has 7 nitrogen and oxygen atoms in total. The van der Waals surface area contributed by atoms with E-state index < -0.39 is 11.1 Å². The van der Waals surface area contributed by atoms with Gasteiger partial charge in [0.05, 0.1) is 5.54 Å². The number of amides is 2. The van der Waals surface area contributed by atoms with E-state index >= 15 is 0 Å². The lowest BCUT2D eigenvalue weighted by atomic mass is 9.95. The van der Waals surface area contributed by atoms with Gasteiger partial charge in [0.25, 0.3) is 0 Å². The van der Waals surface area contributed by atoms with Gasteiger partial charge in [-0.1, -0.05) is 17.3 Å². The van der Waals surface area contributed by atoms with E-state index in [0.717, 1.165) is 16.7 Å². The van der Waals surface area contributed by atoms with Crippen LogP contribution in [0.1, 0.15) is 64.6 Å². The summed E-state index contributed by atoms with van der Waals surface area (Å²) in [5.74, 6) is 0.954. The average Bonchev–Trinajstić information content (AvgIpc) is 3.53. The van der Waals surface area contributed by atoms with E-state index in [-0.39, 0.29) is 29.8 Å². The quantitative estimate of drug-likeness (QED) is 0.795. The van der Waals surface area contributed by atoms with Crippen LogP contribution in [-0.2, 0) is 15.1 Å². The van der Waals surface area contributed by atoms with Crippen LogP contribution in [-0.4, -0.2) is 40.7 Å². The molecule has 0 spiro atoms. The topological polar surface area (TPSA) is 84.7 Å². The summed E-state index contributed by atoms with van der Waals surface area (Å²) in [7, 11) is 0. The van der Waals surface area contributed by atoms with Crippen LogP contribution >= 0.6 is 0 Å². The smallest absolute Gasteiger partial charge is 0.410 e. The van der Waals surface area contributed by atoms with Crippen molar-refractivity contribution in [3.05, 3.63) is 29.5 Å². The number of nitrogens with one attached hydrogen (secondary N) is 1. The van der Waals surface area contributed by atoms with E-state index in [4.69, 9.17) is 9.26 Å². The van der Waals surface area contributed by atoms with Gasteiger partial charge >= 0.3 is 6.09 Å². The predicted octanol–water partition coefficient (Wildman–Crippen LogP) is 4.17. The highest BCUT2D eigenvalue weighted by Crippen LogP contribution is 2.52. The zero-order valence-corrected chi connectivity index (χ0v) is 18.9. The van der Waals surface area contributed by atoms with Crippen molar-refractivity contribution in [2.45, 2.75) is 64.5 Å². The summed E-state index contributed by atoms with van der Waals surface area (Å²) in [4.78, 5) is 27.1. The van der Waals surface area contributed by atoms with Crippen LogP contribution in [0.25, 0.3) is 11.0 Å². The first-order valence-corrected chi connectivity index (χ1v) is 11.2. The molecule has 1 aromatic carbocycles. The van der Waals surface area contributed by atoms with Crippen LogP contribution < -0.4 is 5.32 Å². The lowest BCUT2D eigenvalue weighted by Gasteiger charge is -2.27. The van der Waals surface area contributed by atoms with Crippen LogP contribution in [0, 0.1) is 17.8 Å². The lowest BCUT2D eigenvalue weighted by molar-refractivity contribution is -0.125. The summed E-state index contributed by atoms with van der Waals surface area (Å²) in [6.45, 7) is 10.7. The lowest BCUT2D eigenvalue weighted by Crippen LogP contribution is -2.44. The molecule has 2 amide bonds. The van der Waals surface area contributed by atoms with Crippen molar-refractivity contribution in [2.75, 3.05) is 13.1 Å². The van der Waals surface area contributed by atoms with Gasteiger partial charge in [-0.25, -0.2) is 4.79 Å². The number of ether oxygens (including phenoxy) is 1. The zero-order valence-electron chi connectivity index (χ0n) is 18.9. The molecular weight excluding hydrogens is 394 g/mol. The fourth-order valence-corrected chi connectivity index (χ4v) is 4.99. The molecule has 1 N–H and O–H groups in total. The third-order valence-electron chi connectivity index (χ3n) is 6.72. The number of nitrogens with zero attached hydrogens (tertiary/aromatic N) is 2. The summed E-state index contributed by atoms with van der Waals surface area (Å²) in [5, 5.41) is 8.52.